The van der Waals surface area contributed by atoms with Gasteiger partial charge in [-0.15, -0.1) is 0 Å². The number of benzene rings is 1. The van der Waals surface area contributed by atoms with E-state index in [1.807, 2.05) is 13.0 Å². The smallest absolute Gasteiger partial charge is 0.312 e. The third kappa shape index (κ3) is 3.65. The van der Waals surface area contributed by atoms with Gasteiger partial charge in [0.15, 0.2) is 0 Å². The van der Waals surface area contributed by atoms with Crippen LogP contribution in [0.25, 0.3) is 0 Å². The van der Waals surface area contributed by atoms with E-state index in [9.17, 15) is 14.7 Å². The van der Waals surface area contributed by atoms with Gasteiger partial charge in [-0.3, -0.25) is 9.59 Å². The van der Waals surface area contributed by atoms with E-state index in [1.54, 1.807) is 24.3 Å². The van der Waals surface area contributed by atoms with E-state index < -0.39 is 17.5 Å². The summed E-state index contributed by atoms with van der Waals surface area (Å²) in [6.07, 6.45) is 3.34. The Morgan fingerprint density at radius 3 is 2.45 bits per heavy atom. The van der Waals surface area contributed by atoms with Crippen LogP contribution in [-0.2, 0) is 14.3 Å². The second kappa shape index (κ2) is 7.40. The first-order valence-electron chi connectivity index (χ1n) is 7.79. The molecular weight excluding hydrogens is 282 g/mol. The average Bonchev–Trinajstić information content (AvgIpc) is 2.98. The highest BCUT2D eigenvalue weighted by Crippen LogP contribution is 2.33. The number of carboxylic acid groups (broad SMARTS) is 1. The van der Waals surface area contributed by atoms with Crippen molar-refractivity contribution in [3.8, 4) is 0 Å². The Balaban J connectivity index is 2.03. The number of carbonyl (C=O) groups excluding carboxylic acids is 1. The van der Waals surface area contributed by atoms with Crippen molar-refractivity contribution in [2.24, 2.45) is 0 Å². The molecule has 0 aliphatic heterocycles. The van der Waals surface area contributed by atoms with Gasteiger partial charge in [0.2, 0.25) is 0 Å². The van der Waals surface area contributed by atoms with Gasteiger partial charge >= 0.3 is 5.97 Å². The molecule has 5 heteroatoms. The molecule has 2 rings (SSSR count). The molecule has 1 saturated carbocycles. The number of amides is 1. The monoisotopic (exact) mass is 305 g/mol. The standard InChI is InChI=1S/C17H23NO4/c1-2-22-17(10-6-7-11-17)16(21)18-12-14(15(19)20)13-8-4-3-5-9-13/h3-5,8-9,14H,2,6-7,10-12H2,1H3,(H,18,21)(H,19,20). The highest BCUT2D eigenvalue weighted by Gasteiger charge is 2.42. The van der Waals surface area contributed by atoms with Gasteiger partial charge in [0.05, 0.1) is 5.92 Å². The van der Waals surface area contributed by atoms with Crippen LogP contribution < -0.4 is 5.32 Å². The summed E-state index contributed by atoms with van der Waals surface area (Å²) in [5, 5.41) is 12.2. The molecule has 0 radical (unpaired) electrons. The van der Waals surface area contributed by atoms with Crippen LogP contribution >= 0.6 is 0 Å². The van der Waals surface area contributed by atoms with Gasteiger partial charge in [0, 0.05) is 13.2 Å². The molecule has 1 aliphatic carbocycles. The molecule has 1 amide bonds. The van der Waals surface area contributed by atoms with Crippen LogP contribution in [0.2, 0.25) is 0 Å². The number of ether oxygens (including phenoxy) is 1. The predicted molar refractivity (Wildman–Crippen MR) is 82.7 cm³/mol. The fourth-order valence-electron chi connectivity index (χ4n) is 3.05. The molecule has 120 valence electrons. The maximum Gasteiger partial charge on any atom is 0.312 e. The van der Waals surface area contributed by atoms with E-state index in [1.165, 1.54) is 0 Å². The zero-order valence-corrected chi connectivity index (χ0v) is 12.9. The van der Waals surface area contributed by atoms with Crippen molar-refractivity contribution in [1.29, 1.82) is 0 Å². The Bertz CT molecular complexity index is 509. The third-order valence-corrected chi connectivity index (χ3v) is 4.21. The molecule has 5 nitrogen and oxygen atoms in total. The molecule has 0 heterocycles. The van der Waals surface area contributed by atoms with Crippen LogP contribution in [0.3, 0.4) is 0 Å². The summed E-state index contributed by atoms with van der Waals surface area (Å²) in [6.45, 7) is 2.43. The molecule has 0 aromatic heterocycles. The van der Waals surface area contributed by atoms with Crippen molar-refractivity contribution >= 4 is 11.9 Å². The molecule has 0 spiro atoms. The number of nitrogens with one attached hydrogen (secondary N) is 1. The maximum atomic E-state index is 12.5. The van der Waals surface area contributed by atoms with E-state index in [0.29, 0.717) is 25.0 Å². The van der Waals surface area contributed by atoms with Gasteiger partial charge in [-0.05, 0) is 38.2 Å². The maximum absolute atomic E-state index is 12.5. The van der Waals surface area contributed by atoms with Crippen molar-refractivity contribution in [1.82, 2.24) is 5.32 Å². The second-order valence-electron chi connectivity index (χ2n) is 5.65. The van der Waals surface area contributed by atoms with Crippen LogP contribution in [0.1, 0.15) is 44.1 Å². The first-order chi connectivity index (χ1) is 10.6. The van der Waals surface area contributed by atoms with Crippen molar-refractivity contribution in [2.45, 2.75) is 44.1 Å². The van der Waals surface area contributed by atoms with E-state index in [4.69, 9.17) is 4.74 Å². The molecule has 2 N–H and O–H groups in total. The second-order valence-corrected chi connectivity index (χ2v) is 5.65. The lowest BCUT2D eigenvalue weighted by atomic mass is 9.97. The van der Waals surface area contributed by atoms with E-state index in [0.717, 1.165) is 12.8 Å². The van der Waals surface area contributed by atoms with Gasteiger partial charge in [0.25, 0.3) is 5.91 Å². The zero-order valence-electron chi connectivity index (χ0n) is 12.9. The number of rotatable bonds is 7. The highest BCUT2D eigenvalue weighted by atomic mass is 16.5. The fourth-order valence-corrected chi connectivity index (χ4v) is 3.05. The Morgan fingerprint density at radius 2 is 1.91 bits per heavy atom. The lowest BCUT2D eigenvalue weighted by molar-refractivity contribution is -0.146. The van der Waals surface area contributed by atoms with Gasteiger partial charge in [-0.2, -0.15) is 0 Å². The summed E-state index contributed by atoms with van der Waals surface area (Å²) >= 11 is 0. The molecule has 0 saturated heterocycles. The lowest BCUT2D eigenvalue weighted by Crippen LogP contribution is -2.48. The van der Waals surface area contributed by atoms with Gasteiger partial charge < -0.3 is 15.2 Å². The first-order valence-corrected chi connectivity index (χ1v) is 7.79. The highest BCUT2D eigenvalue weighted by molar-refractivity contribution is 5.86. The third-order valence-electron chi connectivity index (χ3n) is 4.21. The molecule has 1 aromatic rings. The minimum Gasteiger partial charge on any atom is -0.481 e. The molecular formula is C17H23NO4. The molecule has 1 aromatic carbocycles. The van der Waals surface area contributed by atoms with Crippen LogP contribution in [0.15, 0.2) is 30.3 Å². The molecule has 1 unspecified atom stereocenters. The normalized spacial score (nSPS) is 17.9. The van der Waals surface area contributed by atoms with Crippen LogP contribution in [-0.4, -0.2) is 35.7 Å². The Labute approximate surface area is 130 Å². The zero-order chi connectivity index (χ0) is 16.0. The number of hydrogen-bond acceptors (Lipinski definition) is 3. The Kier molecular flexibility index (Phi) is 5.55. The Hall–Kier alpha value is -1.88. The molecule has 0 bridgehead atoms. The predicted octanol–water partition coefficient (Wildman–Crippen LogP) is 2.32. The summed E-state index contributed by atoms with van der Waals surface area (Å²) in [5.41, 5.74) is -0.0821. The summed E-state index contributed by atoms with van der Waals surface area (Å²) in [5.74, 6) is -1.87. The topological polar surface area (TPSA) is 75.6 Å². The number of aliphatic carboxylic acids is 1. The van der Waals surface area contributed by atoms with Crippen molar-refractivity contribution in [3.63, 3.8) is 0 Å². The number of carbonyl (C=O) groups is 2. The summed E-state index contributed by atoms with van der Waals surface area (Å²) in [6, 6.07) is 8.96. The summed E-state index contributed by atoms with van der Waals surface area (Å²) < 4.78 is 5.69. The summed E-state index contributed by atoms with van der Waals surface area (Å²) in [4.78, 5) is 23.9. The Morgan fingerprint density at radius 1 is 1.27 bits per heavy atom. The molecule has 22 heavy (non-hydrogen) atoms. The minimum atomic E-state index is -0.941. The number of carboxylic acids is 1. The van der Waals surface area contributed by atoms with Crippen molar-refractivity contribution < 1.29 is 19.4 Å². The fraction of sp³-hybridized carbons (Fsp3) is 0.529. The van der Waals surface area contributed by atoms with Crippen LogP contribution in [0, 0.1) is 0 Å². The van der Waals surface area contributed by atoms with Crippen LogP contribution in [0.4, 0.5) is 0 Å². The molecule has 1 aliphatic rings. The quantitative estimate of drug-likeness (QED) is 0.810. The minimum absolute atomic E-state index is 0.0764. The van der Waals surface area contributed by atoms with Gasteiger partial charge in [-0.25, -0.2) is 0 Å². The van der Waals surface area contributed by atoms with Crippen molar-refractivity contribution in [3.05, 3.63) is 35.9 Å². The van der Waals surface area contributed by atoms with E-state index in [-0.39, 0.29) is 12.5 Å². The van der Waals surface area contributed by atoms with E-state index >= 15 is 0 Å². The van der Waals surface area contributed by atoms with Gasteiger partial charge in [-0.1, -0.05) is 30.3 Å². The average molecular weight is 305 g/mol. The first kappa shape index (κ1) is 16.5. The SMILES string of the molecule is CCOC1(C(=O)NCC(C(=O)O)c2ccccc2)CCCC1. The van der Waals surface area contributed by atoms with Crippen molar-refractivity contribution in [2.75, 3.05) is 13.2 Å². The molecule has 1 atom stereocenters. The lowest BCUT2D eigenvalue weighted by Gasteiger charge is -2.28. The molecule has 1 fully saturated rings. The summed E-state index contributed by atoms with van der Waals surface area (Å²) in [7, 11) is 0. The van der Waals surface area contributed by atoms with Crippen LogP contribution in [0.5, 0.6) is 0 Å². The van der Waals surface area contributed by atoms with Gasteiger partial charge in [0.1, 0.15) is 5.60 Å². The number of hydrogen-bond donors (Lipinski definition) is 2. The van der Waals surface area contributed by atoms with E-state index in [2.05, 4.69) is 5.32 Å². The largest absolute Gasteiger partial charge is 0.481 e.